The van der Waals surface area contributed by atoms with Gasteiger partial charge in [-0.3, -0.25) is 4.79 Å². The number of hydrogen-bond donors (Lipinski definition) is 0. The minimum absolute atomic E-state index is 0.211. The molecule has 0 heterocycles. The Hall–Kier alpha value is -0.680. The normalized spacial score (nSPS) is 11.3. The molecule has 13 heavy (non-hydrogen) atoms. The molecule has 0 aromatic heterocycles. The number of ketones is 1. The fraction of sp³-hybridized carbons (Fsp3) is 0.364. The third kappa shape index (κ3) is 2.38. The van der Waals surface area contributed by atoms with E-state index in [9.17, 15) is 4.79 Å². The number of carbonyl (C=O) groups excluding carboxylic acids is 1. The van der Waals surface area contributed by atoms with Gasteiger partial charge < -0.3 is 0 Å². The zero-order valence-corrected chi connectivity index (χ0v) is 9.23. The summed E-state index contributed by atoms with van der Waals surface area (Å²) in [5.74, 6) is 0.211. The van der Waals surface area contributed by atoms with E-state index in [1.54, 1.807) is 0 Å². The monoisotopic (exact) mass is 194 g/mol. The van der Waals surface area contributed by atoms with E-state index in [2.05, 4.69) is 9.24 Å². The molecule has 0 amide bonds. The summed E-state index contributed by atoms with van der Waals surface area (Å²) < 4.78 is 0. The first kappa shape index (κ1) is 10.4. The lowest BCUT2D eigenvalue weighted by Crippen LogP contribution is -2.25. The molecule has 1 rings (SSSR count). The summed E-state index contributed by atoms with van der Waals surface area (Å²) in [6, 6.07) is 9.44. The Labute approximate surface area is 81.7 Å². The summed E-state index contributed by atoms with van der Waals surface area (Å²) in [6.45, 7) is 3.94. The number of rotatable bonds is 3. The molecule has 0 fully saturated rings. The van der Waals surface area contributed by atoms with Crippen LogP contribution in [0.3, 0.4) is 0 Å². The Morgan fingerprint density at radius 1 is 1.31 bits per heavy atom. The quantitative estimate of drug-likeness (QED) is 0.534. The van der Waals surface area contributed by atoms with E-state index in [4.69, 9.17) is 0 Å². The molecule has 70 valence electrons. The summed E-state index contributed by atoms with van der Waals surface area (Å²) >= 11 is 0. The van der Waals surface area contributed by atoms with Gasteiger partial charge in [0.2, 0.25) is 0 Å². The smallest absolute Gasteiger partial charge is 0.168 e. The molecule has 0 bridgehead atoms. The van der Waals surface area contributed by atoms with Crippen LogP contribution < -0.4 is 0 Å². The molecule has 1 nitrogen and oxygen atoms in total. The third-order valence-corrected chi connectivity index (χ3v) is 3.18. The summed E-state index contributed by atoms with van der Waals surface area (Å²) in [5.41, 5.74) is 0.529. The first-order valence-electron chi connectivity index (χ1n) is 4.38. The second-order valence-corrected chi connectivity index (χ2v) is 4.19. The fourth-order valence-corrected chi connectivity index (χ4v) is 1.26. The highest BCUT2D eigenvalue weighted by molar-refractivity contribution is 7.16. The van der Waals surface area contributed by atoms with E-state index < -0.39 is 0 Å². The number of hydrogen-bond acceptors (Lipinski definition) is 1. The van der Waals surface area contributed by atoms with Crippen molar-refractivity contribution in [1.82, 2.24) is 0 Å². The SMILES string of the molecule is CC(C)(CP)C(=O)c1ccccc1. The molecule has 0 aliphatic carbocycles. The molecule has 0 saturated carbocycles. The number of carbonyl (C=O) groups is 1. The Bertz CT molecular complexity index is 290. The molecular weight excluding hydrogens is 179 g/mol. The van der Waals surface area contributed by atoms with Gasteiger partial charge in [-0.15, -0.1) is 9.24 Å². The summed E-state index contributed by atoms with van der Waals surface area (Å²) in [6.07, 6.45) is 0.792. The van der Waals surface area contributed by atoms with Gasteiger partial charge >= 0.3 is 0 Å². The van der Waals surface area contributed by atoms with Crippen LogP contribution in [-0.4, -0.2) is 11.9 Å². The van der Waals surface area contributed by atoms with Gasteiger partial charge in [-0.1, -0.05) is 44.2 Å². The Morgan fingerprint density at radius 2 is 1.85 bits per heavy atom. The molecule has 1 aromatic rings. The Morgan fingerprint density at radius 3 is 2.31 bits per heavy atom. The average molecular weight is 194 g/mol. The minimum atomic E-state index is -0.272. The first-order valence-corrected chi connectivity index (χ1v) is 5.19. The van der Waals surface area contributed by atoms with Gasteiger partial charge in [-0.05, 0) is 6.16 Å². The topological polar surface area (TPSA) is 17.1 Å². The molecule has 0 saturated heterocycles. The average Bonchev–Trinajstić information content (AvgIpc) is 2.18. The van der Waals surface area contributed by atoms with Gasteiger partial charge in [0.15, 0.2) is 5.78 Å². The molecule has 0 aliphatic rings. The van der Waals surface area contributed by atoms with Gasteiger partial charge in [0.05, 0.1) is 0 Å². The lowest BCUT2D eigenvalue weighted by atomic mass is 9.86. The fourth-order valence-electron chi connectivity index (χ4n) is 1.07. The maximum absolute atomic E-state index is 11.9. The zero-order valence-electron chi connectivity index (χ0n) is 8.08. The van der Waals surface area contributed by atoms with Crippen LogP contribution in [-0.2, 0) is 0 Å². The highest BCUT2D eigenvalue weighted by Gasteiger charge is 2.25. The summed E-state index contributed by atoms with van der Waals surface area (Å²) in [4.78, 5) is 11.9. The van der Waals surface area contributed by atoms with E-state index in [0.29, 0.717) is 0 Å². The predicted molar refractivity (Wildman–Crippen MR) is 59.1 cm³/mol. The van der Waals surface area contributed by atoms with Gasteiger partial charge in [-0.25, -0.2) is 0 Å². The van der Waals surface area contributed by atoms with Crippen molar-refractivity contribution >= 4 is 15.0 Å². The molecule has 1 unspecified atom stereocenters. The number of Topliss-reactive ketones (excluding diaryl/α,β-unsaturated/α-hetero) is 1. The maximum atomic E-state index is 11.9. The number of benzene rings is 1. The van der Waals surface area contributed by atoms with Crippen LogP contribution in [0.15, 0.2) is 30.3 Å². The molecule has 0 radical (unpaired) electrons. The lowest BCUT2D eigenvalue weighted by molar-refractivity contribution is 0.0863. The van der Waals surface area contributed by atoms with E-state index in [0.717, 1.165) is 11.7 Å². The summed E-state index contributed by atoms with van der Waals surface area (Å²) in [5, 5.41) is 0. The van der Waals surface area contributed by atoms with Crippen molar-refractivity contribution in [3.8, 4) is 0 Å². The molecule has 0 spiro atoms. The van der Waals surface area contributed by atoms with Crippen LogP contribution in [0.25, 0.3) is 0 Å². The van der Waals surface area contributed by atoms with Gasteiger partial charge in [-0.2, -0.15) is 0 Å². The summed E-state index contributed by atoms with van der Waals surface area (Å²) in [7, 11) is 2.62. The molecule has 2 heteroatoms. The van der Waals surface area contributed by atoms with Gasteiger partial charge in [0.25, 0.3) is 0 Å². The predicted octanol–water partition coefficient (Wildman–Crippen LogP) is 2.77. The van der Waals surface area contributed by atoms with Crippen molar-refractivity contribution in [1.29, 1.82) is 0 Å². The van der Waals surface area contributed by atoms with Crippen LogP contribution in [0.5, 0.6) is 0 Å². The standard InChI is InChI=1S/C11H15OP/c1-11(2,8-13)10(12)9-6-4-3-5-7-9/h3-7H,8,13H2,1-2H3. The van der Waals surface area contributed by atoms with E-state index >= 15 is 0 Å². The molecule has 1 aromatic carbocycles. The maximum Gasteiger partial charge on any atom is 0.168 e. The van der Waals surface area contributed by atoms with Gasteiger partial charge in [0.1, 0.15) is 0 Å². The Kier molecular flexibility index (Phi) is 3.22. The van der Waals surface area contributed by atoms with Crippen LogP contribution in [0.1, 0.15) is 24.2 Å². The van der Waals surface area contributed by atoms with Crippen LogP contribution >= 0.6 is 9.24 Å². The van der Waals surface area contributed by atoms with Crippen molar-refractivity contribution in [3.05, 3.63) is 35.9 Å². The van der Waals surface area contributed by atoms with Crippen LogP contribution in [0.2, 0.25) is 0 Å². The molecule has 0 aliphatic heterocycles. The van der Waals surface area contributed by atoms with Crippen molar-refractivity contribution < 1.29 is 4.79 Å². The Balaban J connectivity index is 2.93. The highest BCUT2D eigenvalue weighted by atomic mass is 31.0. The first-order chi connectivity index (χ1) is 6.08. The van der Waals surface area contributed by atoms with Crippen LogP contribution in [0, 0.1) is 5.41 Å². The molecule has 0 N–H and O–H groups in total. The largest absolute Gasteiger partial charge is 0.294 e. The van der Waals surface area contributed by atoms with E-state index in [1.165, 1.54) is 0 Å². The molecular formula is C11H15OP. The second kappa shape index (κ2) is 4.02. The van der Waals surface area contributed by atoms with Gasteiger partial charge in [0, 0.05) is 11.0 Å². The molecule has 1 atom stereocenters. The van der Waals surface area contributed by atoms with Crippen molar-refractivity contribution in [3.63, 3.8) is 0 Å². The van der Waals surface area contributed by atoms with Crippen molar-refractivity contribution in [2.24, 2.45) is 5.41 Å². The third-order valence-electron chi connectivity index (χ3n) is 2.16. The highest BCUT2D eigenvalue weighted by Crippen LogP contribution is 2.23. The zero-order chi connectivity index (χ0) is 9.90. The van der Waals surface area contributed by atoms with E-state index in [-0.39, 0.29) is 11.2 Å². The van der Waals surface area contributed by atoms with Crippen molar-refractivity contribution in [2.75, 3.05) is 6.16 Å². The second-order valence-electron chi connectivity index (χ2n) is 3.78. The minimum Gasteiger partial charge on any atom is -0.294 e. The van der Waals surface area contributed by atoms with Crippen LogP contribution in [0.4, 0.5) is 0 Å². The van der Waals surface area contributed by atoms with E-state index in [1.807, 2.05) is 44.2 Å². The van der Waals surface area contributed by atoms with Crippen molar-refractivity contribution in [2.45, 2.75) is 13.8 Å². The lowest BCUT2D eigenvalue weighted by Gasteiger charge is -2.20.